The summed E-state index contributed by atoms with van der Waals surface area (Å²) in [5.74, 6) is 0.811. The number of carbonyl (C=O) groups excluding carboxylic acids is 1. The molecule has 2 aromatic heterocycles. The second-order valence-electron chi connectivity index (χ2n) is 6.06. The molecule has 1 aliphatic heterocycles. The number of hydrogen-bond donors (Lipinski definition) is 2. The lowest BCUT2D eigenvalue weighted by Crippen LogP contribution is -2.48. The Morgan fingerprint density at radius 3 is 3.04 bits per heavy atom. The van der Waals surface area contributed by atoms with Crippen LogP contribution in [0, 0.1) is 0 Å². The maximum Gasteiger partial charge on any atom is 0.256 e. The van der Waals surface area contributed by atoms with Gasteiger partial charge < -0.3 is 19.9 Å². The number of piperazine rings is 1. The van der Waals surface area contributed by atoms with Crippen LogP contribution in [0.15, 0.2) is 48.8 Å². The normalized spacial score (nSPS) is 17.6. The molecule has 0 aliphatic carbocycles. The predicted molar refractivity (Wildman–Crippen MR) is 95.7 cm³/mol. The monoisotopic (exact) mass is 336 g/mol. The Hall–Kier alpha value is -2.86. The minimum Gasteiger partial charge on any atom is -0.496 e. The summed E-state index contributed by atoms with van der Waals surface area (Å²) in [5.41, 5.74) is 2.41. The number of nitrogens with one attached hydrogen (secondary N) is 2. The van der Waals surface area contributed by atoms with Gasteiger partial charge in [0.15, 0.2) is 0 Å². The molecule has 1 atom stereocenters. The number of methoxy groups -OCH3 is 1. The lowest BCUT2D eigenvalue weighted by molar-refractivity contribution is 0.0634. The zero-order valence-electron chi connectivity index (χ0n) is 14.0. The van der Waals surface area contributed by atoms with Gasteiger partial charge in [-0.05, 0) is 18.2 Å². The average Bonchev–Trinajstić information content (AvgIpc) is 3.11. The maximum atomic E-state index is 13.3. The zero-order valence-corrected chi connectivity index (χ0v) is 14.0. The lowest BCUT2D eigenvalue weighted by atomic mass is 10.0. The van der Waals surface area contributed by atoms with Crippen molar-refractivity contribution in [3.8, 4) is 5.75 Å². The first kappa shape index (κ1) is 15.7. The van der Waals surface area contributed by atoms with Crippen LogP contribution in [0.3, 0.4) is 0 Å². The molecular formula is C19H20N4O2. The van der Waals surface area contributed by atoms with Gasteiger partial charge in [-0.25, -0.2) is 4.98 Å². The average molecular weight is 336 g/mol. The fraction of sp³-hybridized carbons (Fsp3) is 0.263. The van der Waals surface area contributed by atoms with E-state index in [0.29, 0.717) is 18.7 Å². The van der Waals surface area contributed by atoms with E-state index in [1.54, 1.807) is 19.5 Å². The van der Waals surface area contributed by atoms with Crippen LogP contribution < -0.4 is 10.1 Å². The molecule has 6 nitrogen and oxygen atoms in total. The molecule has 6 heteroatoms. The number of pyridine rings is 1. The van der Waals surface area contributed by atoms with Gasteiger partial charge in [0, 0.05) is 43.0 Å². The van der Waals surface area contributed by atoms with Crippen molar-refractivity contribution in [2.45, 2.75) is 6.04 Å². The van der Waals surface area contributed by atoms with Crippen LogP contribution in [0.4, 0.5) is 0 Å². The third-order valence-corrected chi connectivity index (χ3v) is 4.68. The van der Waals surface area contributed by atoms with Gasteiger partial charge in [-0.2, -0.15) is 0 Å². The third kappa shape index (κ3) is 2.74. The quantitative estimate of drug-likeness (QED) is 0.770. The molecule has 1 fully saturated rings. The van der Waals surface area contributed by atoms with Gasteiger partial charge in [-0.1, -0.05) is 18.2 Å². The first-order valence-corrected chi connectivity index (χ1v) is 8.36. The van der Waals surface area contributed by atoms with Gasteiger partial charge in [-0.3, -0.25) is 4.79 Å². The van der Waals surface area contributed by atoms with Crippen LogP contribution in [0.5, 0.6) is 5.75 Å². The van der Waals surface area contributed by atoms with Gasteiger partial charge >= 0.3 is 0 Å². The molecule has 2 N–H and O–H groups in total. The number of hydrogen-bond acceptors (Lipinski definition) is 4. The van der Waals surface area contributed by atoms with Crippen molar-refractivity contribution in [3.63, 3.8) is 0 Å². The van der Waals surface area contributed by atoms with Crippen LogP contribution in [-0.2, 0) is 0 Å². The summed E-state index contributed by atoms with van der Waals surface area (Å²) in [5, 5.41) is 4.23. The van der Waals surface area contributed by atoms with E-state index < -0.39 is 0 Å². The number of aromatic nitrogens is 2. The van der Waals surface area contributed by atoms with E-state index in [0.717, 1.165) is 28.9 Å². The van der Waals surface area contributed by atoms with Gasteiger partial charge in [-0.15, -0.1) is 0 Å². The van der Waals surface area contributed by atoms with Crippen molar-refractivity contribution < 1.29 is 9.53 Å². The van der Waals surface area contributed by atoms with Crippen molar-refractivity contribution >= 4 is 16.9 Å². The zero-order chi connectivity index (χ0) is 17.2. The number of para-hydroxylation sites is 1. The van der Waals surface area contributed by atoms with Crippen LogP contribution >= 0.6 is 0 Å². The van der Waals surface area contributed by atoms with E-state index in [1.807, 2.05) is 41.3 Å². The maximum absolute atomic E-state index is 13.3. The highest BCUT2D eigenvalue weighted by Gasteiger charge is 2.31. The molecule has 1 aromatic carbocycles. The van der Waals surface area contributed by atoms with Crippen molar-refractivity contribution in [2.75, 3.05) is 26.7 Å². The number of rotatable bonds is 3. The van der Waals surface area contributed by atoms with Crippen molar-refractivity contribution in [2.24, 2.45) is 0 Å². The number of ether oxygens (including phenoxy) is 1. The third-order valence-electron chi connectivity index (χ3n) is 4.68. The van der Waals surface area contributed by atoms with E-state index in [9.17, 15) is 4.79 Å². The molecule has 1 aliphatic rings. The molecule has 4 rings (SSSR count). The van der Waals surface area contributed by atoms with Gasteiger partial charge in [0.1, 0.15) is 11.4 Å². The van der Waals surface area contributed by atoms with Crippen molar-refractivity contribution in [1.82, 2.24) is 20.2 Å². The number of fused-ring (bicyclic) bond motifs is 1. The van der Waals surface area contributed by atoms with Crippen molar-refractivity contribution in [3.05, 3.63) is 59.9 Å². The highest BCUT2D eigenvalue weighted by atomic mass is 16.5. The van der Waals surface area contributed by atoms with Crippen LogP contribution in [-0.4, -0.2) is 47.5 Å². The molecule has 0 spiro atoms. The highest BCUT2D eigenvalue weighted by Crippen LogP contribution is 2.32. The minimum absolute atomic E-state index is 0.0108. The number of carbonyl (C=O) groups is 1. The van der Waals surface area contributed by atoms with E-state index in [2.05, 4.69) is 15.3 Å². The number of H-pyrrole nitrogens is 1. The topological polar surface area (TPSA) is 70.2 Å². The van der Waals surface area contributed by atoms with E-state index >= 15 is 0 Å². The summed E-state index contributed by atoms with van der Waals surface area (Å²) in [7, 11) is 1.66. The number of benzene rings is 1. The molecule has 1 amide bonds. The molecule has 0 saturated carbocycles. The molecule has 3 heterocycles. The van der Waals surface area contributed by atoms with Gasteiger partial charge in [0.2, 0.25) is 0 Å². The van der Waals surface area contributed by atoms with E-state index in [4.69, 9.17) is 4.74 Å². The molecule has 1 saturated heterocycles. The van der Waals surface area contributed by atoms with E-state index in [-0.39, 0.29) is 11.9 Å². The van der Waals surface area contributed by atoms with Crippen LogP contribution in [0.25, 0.3) is 11.0 Å². The second kappa shape index (κ2) is 6.57. The number of amides is 1. The Labute approximate surface area is 145 Å². The molecule has 3 aromatic rings. The van der Waals surface area contributed by atoms with Crippen LogP contribution in [0.1, 0.15) is 22.0 Å². The fourth-order valence-electron chi connectivity index (χ4n) is 3.45. The molecule has 0 bridgehead atoms. The summed E-state index contributed by atoms with van der Waals surface area (Å²) < 4.78 is 5.51. The minimum atomic E-state index is -0.0704. The first-order chi connectivity index (χ1) is 12.3. The molecule has 25 heavy (non-hydrogen) atoms. The second-order valence-corrected chi connectivity index (χ2v) is 6.06. The van der Waals surface area contributed by atoms with Crippen molar-refractivity contribution in [1.29, 1.82) is 0 Å². The Balaban J connectivity index is 1.73. The lowest BCUT2D eigenvalue weighted by Gasteiger charge is -2.37. The predicted octanol–water partition coefficient (Wildman–Crippen LogP) is 2.36. The summed E-state index contributed by atoms with van der Waals surface area (Å²) in [4.78, 5) is 22.6. The first-order valence-electron chi connectivity index (χ1n) is 8.36. The molecular weight excluding hydrogens is 316 g/mol. The molecule has 128 valence electrons. The Morgan fingerprint density at radius 1 is 1.28 bits per heavy atom. The highest BCUT2D eigenvalue weighted by molar-refractivity contribution is 6.06. The Bertz CT molecular complexity index is 905. The molecule has 0 radical (unpaired) electrons. The van der Waals surface area contributed by atoms with E-state index in [1.165, 1.54) is 0 Å². The summed E-state index contributed by atoms with van der Waals surface area (Å²) >= 11 is 0. The Kier molecular flexibility index (Phi) is 4.11. The fourth-order valence-corrected chi connectivity index (χ4v) is 3.45. The number of aromatic amines is 1. The summed E-state index contributed by atoms with van der Waals surface area (Å²) in [6, 6.07) is 11.6. The summed E-state index contributed by atoms with van der Waals surface area (Å²) in [6.07, 6.45) is 3.47. The molecule has 1 unspecified atom stereocenters. The van der Waals surface area contributed by atoms with Gasteiger partial charge in [0.05, 0.1) is 18.7 Å². The summed E-state index contributed by atoms with van der Waals surface area (Å²) in [6.45, 7) is 2.12. The largest absolute Gasteiger partial charge is 0.496 e. The SMILES string of the molecule is COc1ccccc1C1CNCCN1C(=O)c1c[nH]c2ncccc12. The Morgan fingerprint density at radius 2 is 2.16 bits per heavy atom. The van der Waals surface area contributed by atoms with Crippen LogP contribution in [0.2, 0.25) is 0 Å². The standard InChI is InChI=1S/C19H20N4O2/c1-25-17-7-3-2-5-14(17)16-12-20-9-10-23(16)19(24)15-11-22-18-13(15)6-4-8-21-18/h2-8,11,16,20H,9-10,12H2,1H3,(H,21,22). The van der Waals surface area contributed by atoms with Gasteiger partial charge in [0.25, 0.3) is 5.91 Å². The smallest absolute Gasteiger partial charge is 0.256 e. The number of nitrogens with zero attached hydrogens (tertiary/aromatic N) is 2.